The molecule has 0 aliphatic rings. The fourth-order valence-corrected chi connectivity index (χ4v) is 2.25. The molecule has 0 aliphatic heterocycles. The summed E-state index contributed by atoms with van der Waals surface area (Å²) in [5.41, 5.74) is 1.28. The molecule has 2 N–H and O–H groups in total. The quantitative estimate of drug-likeness (QED) is 0.582. The van der Waals surface area contributed by atoms with E-state index in [-0.39, 0.29) is 11.5 Å². The number of halogens is 3. The van der Waals surface area contributed by atoms with Gasteiger partial charge in [-0.25, -0.2) is 0 Å². The number of H-pyrrole nitrogens is 1. The van der Waals surface area contributed by atoms with Gasteiger partial charge < -0.3 is 10.3 Å². The number of anilines is 1. The van der Waals surface area contributed by atoms with Crippen molar-refractivity contribution in [2.45, 2.75) is 0 Å². The van der Waals surface area contributed by atoms with Crippen molar-refractivity contribution in [3.63, 3.8) is 0 Å². The van der Waals surface area contributed by atoms with Crippen molar-refractivity contribution in [3.8, 4) is 0 Å². The molecule has 1 aromatic heterocycles. The molecule has 1 heterocycles. The number of hydrogen-bond donors (Lipinski definition) is 2. The van der Waals surface area contributed by atoms with Crippen molar-refractivity contribution in [1.29, 1.82) is 0 Å². The summed E-state index contributed by atoms with van der Waals surface area (Å²) >= 11 is 16.5. The zero-order valence-electron chi connectivity index (χ0n) is 13.7. The molecule has 27 heavy (non-hydrogen) atoms. The molecule has 0 unspecified atom stereocenters. The molecule has 3 aromatic rings. The van der Waals surface area contributed by atoms with Gasteiger partial charge in [0, 0.05) is 33.4 Å². The number of pyridine rings is 1. The minimum absolute atomic E-state index is 0.213. The maximum atomic E-state index is 11.8. The maximum Gasteiger partial charge on any atom is 0.255 e. The Morgan fingerprint density at radius 1 is 0.778 bits per heavy atom. The number of benzene rings is 2. The van der Waals surface area contributed by atoms with Gasteiger partial charge in [-0.3, -0.25) is 14.4 Å². The summed E-state index contributed by atoms with van der Waals surface area (Å²) in [4.78, 5) is 35.5. The second kappa shape index (κ2) is 9.92. The highest BCUT2D eigenvalue weighted by atomic mass is 35.5. The molecule has 0 bridgehead atoms. The van der Waals surface area contributed by atoms with Gasteiger partial charge >= 0.3 is 0 Å². The Balaban J connectivity index is 0.000000223. The SMILES string of the molecule is O=C(Cl)c1ccc(Cl)cc1.O=C(Nc1ccc(=O)[nH]c1)c1ccc(Cl)cc1. The van der Waals surface area contributed by atoms with Crippen LogP contribution in [0.2, 0.25) is 10.0 Å². The van der Waals surface area contributed by atoms with Gasteiger partial charge in [-0.1, -0.05) is 23.2 Å². The van der Waals surface area contributed by atoms with Crippen LogP contribution in [0.5, 0.6) is 0 Å². The molecule has 0 saturated heterocycles. The Morgan fingerprint density at radius 2 is 1.30 bits per heavy atom. The van der Waals surface area contributed by atoms with E-state index >= 15 is 0 Å². The standard InChI is InChI=1S/C12H9ClN2O2.C7H4Cl2O/c13-9-3-1-8(2-4-9)12(17)15-10-5-6-11(16)14-7-10;8-6-3-1-5(2-4-6)7(9)10/h1-7H,(H,14,16)(H,15,17);1-4H. The summed E-state index contributed by atoms with van der Waals surface area (Å²) in [6.07, 6.45) is 1.44. The van der Waals surface area contributed by atoms with Crippen LogP contribution in [0.1, 0.15) is 20.7 Å². The highest BCUT2D eigenvalue weighted by Gasteiger charge is 2.05. The largest absolute Gasteiger partial charge is 0.327 e. The van der Waals surface area contributed by atoms with Crippen LogP contribution in [0.4, 0.5) is 5.69 Å². The van der Waals surface area contributed by atoms with E-state index in [0.29, 0.717) is 26.9 Å². The first-order valence-electron chi connectivity index (χ1n) is 7.56. The van der Waals surface area contributed by atoms with Crippen molar-refractivity contribution in [2.75, 3.05) is 5.32 Å². The molecule has 0 atom stereocenters. The van der Waals surface area contributed by atoms with Gasteiger partial charge in [0.25, 0.3) is 11.1 Å². The fourth-order valence-electron chi connectivity index (χ4n) is 1.87. The van der Waals surface area contributed by atoms with Crippen molar-refractivity contribution in [2.24, 2.45) is 0 Å². The average Bonchev–Trinajstić information content (AvgIpc) is 2.65. The summed E-state index contributed by atoms with van der Waals surface area (Å²) in [6.45, 7) is 0. The van der Waals surface area contributed by atoms with E-state index < -0.39 is 5.24 Å². The second-order valence-corrected chi connectivity index (χ2v) is 6.40. The highest BCUT2D eigenvalue weighted by Crippen LogP contribution is 2.12. The Kier molecular flexibility index (Phi) is 7.61. The second-order valence-electron chi connectivity index (χ2n) is 5.18. The number of rotatable bonds is 3. The summed E-state index contributed by atoms with van der Waals surface area (Å²) < 4.78 is 0. The predicted molar refractivity (Wildman–Crippen MR) is 108 cm³/mol. The smallest absolute Gasteiger partial charge is 0.255 e. The normalized spacial score (nSPS) is 9.74. The van der Waals surface area contributed by atoms with Gasteiger partial charge in [-0.2, -0.15) is 0 Å². The first-order chi connectivity index (χ1) is 12.8. The minimum Gasteiger partial charge on any atom is -0.327 e. The molecule has 1 amide bonds. The highest BCUT2D eigenvalue weighted by molar-refractivity contribution is 6.67. The van der Waals surface area contributed by atoms with Crippen LogP contribution in [0.15, 0.2) is 71.7 Å². The number of aromatic amines is 1. The van der Waals surface area contributed by atoms with Crippen molar-refractivity contribution >= 4 is 51.6 Å². The van der Waals surface area contributed by atoms with Crippen LogP contribution in [-0.2, 0) is 0 Å². The third kappa shape index (κ3) is 6.90. The zero-order valence-corrected chi connectivity index (χ0v) is 16.0. The summed E-state index contributed by atoms with van der Waals surface area (Å²) in [5, 5.41) is 3.36. The molecule has 2 aromatic carbocycles. The summed E-state index contributed by atoms with van der Waals surface area (Å²) in [6, 6.07) is 15.8. The van der Waals surface area contributed by atoms with E-state index in [9.17, 15) is 14.4 Å². The van der Waals surface area contributed by atoms with Gasteiger partial charge in [0.2, 0.25) is 5.56 Å². The molecule has 3 rings (SSSR count). The van der Waals surface area contributed by atoms with E-state index in [1.54, 1.807) is 48.5 Å². The average molecular weight is 424 g/mol. The third-order valence-corrected chi connectivity index (χ3v) is 3.94. The Hall–Kier alpha value is -2.60. The van der Waals surface area contributed by atoms with E-state index in [1.165, 1.54) is 18.3 Å². The van der Waals surface area contributed by atoms with Crippen LogP contribution in [0.25, 0.3) is 0 Å². The lowest BCUT2D eigenvalue weighted by molar-refractivity contribution is 0.102. The topological polar surface area (TPSA) is 79.0 Å². The van der Waals surface area contributed by atoms with Crippen LogP contribution in [0, 0.1) is 0 Å². The molecule has 0 aliphatic carbocycles. The molecule has 138 valence electrons. The molecule has 0 spiro atoms. The van der Waals surface area contributed by atoms with Crippen molar-refractivity contribution in [3.05, 3.63) is 98.4 Å². The van der Waals surface area contributed by atoms with Crippen LogP contribution >= 0.6 is 34.8 Å². The Labute approximate surface area is 169 Å². The van der Waals surface area contributed by atoms with Crippen molar-refractivity contribution < 1.29 is 9.59 Å². The molecular weight excluding hydrogens is 411 g/mol. The first kappa shape index (κ1) is 20.7. The van der Waals surface area contributed by atoms with E-state index in [4.69, 9.17) is 34.8 Å². The number of carbonyl (C=O) groups is 2. The van der Waals surface area contributed by atoms with Gasteiger partial charge in [-0.05, 0) is 66.2 Å². The Bertz CT molecular complexity index is 964. The number of carbonyl (C=O) groups excluding carboxylic acids is 2. The third-order valence-electron chi connectivity index (χ3n) is 3.22. The first-order valence-corrected chi connectivity index (χ1v) is 8.69. The molecule has 0 fully saturated rings. The van der Waals surface area contributed by atoms with Gasteiger partial charge in [0.05, 0.1) is 5.69 Å². The molecular formula is C19H13Cl3N2O3. The van der Waals surface area contributed by atoms with Gasteiger partial charge in [0.1, 0.15) is 0 Å². The summed E-state index contributed by atoms with van der Waals surface area (Å²) in [5.74, 6) is -0.256. The monoisotopic (exact) mass is 422 g/mol. The summed E-state index contributed by atoms with van der Waals surface area (Å²) in [7, 11) is 0. The van der Waals surface area contributed by atoms with Crippen LogP contribution in [-0.4, -0.2) is 16.1 Å². The predicted octanol–water partition coefficient (Wildman–Crippen LogP) is 5.00. The minimum atomic E-state index is -0.461. The molecule has 8 heteroatoms. The van der Waals surface area contributed by atoms with E-state index in [1.807, 2.05) is 0 Å². The van der Waals surface area contributed by atoms with Gasteiger partial charge in [0.15, 0.2) is 0 Å². The van der Waals surface area contributed by atoms with Crippen LogP contribution < -0.4 is 10.9 Å². The molecule has 5 nitrogen and oxygen atoms in total. The van der Waals surface area contributed by atoms with E-state index in [0.717, 1.165) is 0 Å². The van der Waals surface area contributed by atoms with E-state index in [2.05, 4.69) is 10.3 Å². The molecule has 0 saturated carbocycles. The maximum absolute atomic E-state index is 11.8. The number of aromatic nitrogens is 1. The Morgan fingerprint density at radius 3 is 1.74 bits per heavy atom. The fraction of sp³-hybridized carbons (Fsp3) is 0. The van der Waals surface area contributed by atoms with Crippen molar-refractivity contribution in [1.82, 2.24) is 4.98 Å². The lowest BCUT2D eigenvalue weighted by atomic mass is 10.2. The number of nitrogens with one attached hydrogen (secondary N) is 2. The zero-order chi connectivity index (χ0) is 19.8. The number of hydrogen-bond acceptors (Lipinski definition) is 3. The lowest BCUT2D eigenvalue weighted by Gasteiger charge is -2.04. The number of amides is 1. The van der Waals surface area contributed by atoms with Crippen LogP contribution in [0.3, 0.4) is 0 Å². The van der Waals surface area contributed by atoms with Gasteiger partial charge in [-0.15, -0.1) is 0 Å². The lowest BCUT2D eigenvalue weighted by Crippen LogP contribution is -2.13. The molecule has 0 radical (unpaired) electrons.